The molecule has 5 rings (SSSR count). The van der Waals surface area contributed by atoms with E-state index < -0.39 is 0 Å². The molecule has 0 aliphatic carbocycles. The molecule has 0 spiro atoms. The molecule has 3 aromatic rings. The number of carbonyl (C=O) groups excluding carboxylic acids is 1. The monoisotopic (exact) mass is 442 g/mol. The van der Waals surface area contributed by atoms with Gasteiger partial charge in [0, 0.05) is 31.9 Å². The van der Waals surface area contributed by atoms with Gasteiger partial charge in [0.1, 0.15) is 23.0 Å². The van der Waals surface area contributed by atoms with Gasteiger partial charge in [-0.1, -0.05) is 30.3 Å². The van der Waals surface area contributed by atoms with Crippen LogP contribution in [-0.4, -0.2) is 55.0 Å². The molecule has 7 heteroatoms. The lowest BCUT2D eigenvalue weighted by molar-refractivity contribution is 0.214. The second-order valence-electron chi connectivity index (χ2n) is 7.99. The first-order chi connectivity index (χ1) is 16.2. The van der Waals surface area contributed by atoms with Crippen LogP contribution < -0.4 is 14.8 Å². The Morgan fingerprint density at radius 2 is 1.76 bits per heavy atom. The van der Waals surface area contributed by atoms with E-state index in [0.717, 1.165) is 53.0 Å². The van der Waals surface area contributed by atoms with Crippen LogP contribution in [-0.2, 0) is 0 Å². The number of carbonyl (C=O) groups is 1. The molecule has 0 unspecified atom stereocenters. The second-order valence-corrected chi connectivity index (χ2v) is 7.99. The van der Waals surface area contributed by atoms with E-state index >= 15 is 0 Å². The summed E-state index contributed by atoms with van der Waals surface area (Å²) in [4.78, 5) is 21.9. The van der Waals surface area contributed by atoms with Crippen LogP contribution in [0.2, 0.25) is 0 Å². The number of nitrogens with zero attached hydrogens (tertiary/aromatic N) is 3. The van der Waals surface area contributed by atoms with Gasteiger partial charge >= 0.3 is 6.03 Å². The molecule has 2 heterocycles. The van der Waals surface area contributed by atoms with Gasteiger partial charge in [0.05, 0.1) is 12.7 Å². The summed E-state index contributed by atoms with van der Waals surface area (Å²) in [6, 6.07) is 23.0. The lowest BCUT2D eigenvalue weighted by Crippen LogP contribution is -2.39. The summed E-state index contributed by atoms with van der Waals surface area (Å²) in [5, 5.41) is 2.99. The van der Waals surface area contributed by atoms with Crippen molar-refractivity contribution in [3.8, 4) is 17.2 Å². The highest BCUT2D eigenvalue weighted by Crippen LogP contribution is 2.39. The largest absolute Gasteiger partial charge is 0.497 e. The quantitative estimate of drug-likeness (QED) is 0.598. The van der Waals surface area contributed by atoms with Gasteiger partial charge in [-0.15, -0.1) is 0 Å². The minimum atomic E-state index is -0.0818. The average Bonchev–Trinajstić information content (AvgIpc) is 3.19. The molecule has 7 nitrogen and oxygen atoms in total. The molecule has 1 N–H and O–H groups in total. The number of ether oxygens (including phenoxy) is 2. The Balaban J connectivity index is 1.41. The number of amidine groups is 1. The van der Waals surface area contributed by atoms with E-state index in [4.69, 9.17) is 14.5 Å². The maximum absolute atomic E-state index is 12.8. The molecule has 33 heavy (non-hydrogen) atoms. The van der Waals surface area contributed by atoms with E-state index in [1.165, 1.54) is 0 Å². The summed E-state index contributed by atoms with van der Waals surface area (Å²) in [5.74, 6) is 3.04. The number of amides is 2. The van der Waals surface area contributed by atoms with Crippen molar-refractivity contribution in [3.63, 3.8) is 0 Å². The zero-order valence-electron chi connectivity index (χ0n) is 18.5. The number of para-hydroxylation sites is 3. The molecule has 0 atom stereocenters. The number of aliphatic imine (C=N–C) groups is 1. The third-order valence-corrected chi connectivity index (χ3v) is 5.85. The fourth-order valence-electron chi connectivity index (χ4n) is 4.13. The number of urea groups is 1. The van der Waals surface area contributed by atoms with Gasteiger partial charge in [-0.3, -0.25) is 0 Å². The van der Waals surface area contributed by atoms with E-state index in [2.05, 4.69) is 10.2 Å². The van der Waals surface area contributed by atoms with Crippen molar-refractivity contribution in [3.05, 3.63) is 78.4 Å². The van der Waals surface area contributed by atoms with Crippen molar-refractivity contribution in [1.29, 1.82) is 0 Å². The lowest BCUT2D eigenvalue weighted by atomic mass is 10.1. The van der Waals surface area contributed by atoms with Gasteiger partial charge < -0.3 is 24.6 Å². The molecule has 3 aromatic carbocycles. The number of anilines is 1. The summed E-state index contributed by atoms with van der Waals surface area (Å²) in [6.45, 7) is 2.73. The summed E-state index contributed by atoms with van der Waals surface area (Å²) < 4.78 is 11.7. The number of nitrogens with one attached hydrogen (secondary N) is 1. The highest BCUT2D eigenvalue weighted by molar-refractivity contribution is 6.04. The van der Waals surface area contributed by atoms with E-state index in [0.29, 0.717) is 19.6 Å². The number of benzene rings is 3. The number of hydrogen-bond acceptors (Lipinski definition) is 5. The van der Waals surface area contributed by atoms with Crippen LogP contribution >= 0.6 is 0 Å². The van der Waals surface area contributed by atoms with Gasteiger partial charge in [0.15, 0.2) is 5.75 Å². The molecule has 0 saturated carbocycles. The van der Waals surface area contributed by atoms with E-state index in [9.17, 15) is 4.79 Å². The minimum absolute atomic E-state index is 0.0818. The molecular weight excluding hydrogens is 416 g/mol. The van der Waals surface area contributed by atoms with Crippen molar-refractivity contribution < 1.29 is 14.3 Å². The maximum Gasteiger partial charge on any atom is 0.321 e. The Morgan fingerprint density at radius 3 is 2.61 bits per heavy atom. The third kappa shape index (κ3) is 4.48. The Morgan fingerprint density at radius 1 is 0.939 bits per heavy atom. The van der Waals surface area contributed by atoms with Gasteiger partial charge in [0.2, 0.25) is 0 Å². The van der Waals surface area contributed by atoms with E-state index in [-0.39, 0.29) is 6.03 Å². The molecule has 0 bridgehead atoms. The van der Waals surface area contributed by atoms with Gasteiger partial charge in [0.25, 0.3) is 0 Å². The fourth-order valence-corrected chi connectivity index (χ4v) is 4.13. The standard InChI is InChI=1S/C26H26N4O3/c1-32-20-12-13-23-21(18-20)25(28-22-10-5-6-11-24(22)33-23)29-14-7-15-30(17-16-29)26(31)27-19-8-3-2-4-9-19/h2-6,8-13,18H,7,14-17H2,1H3,(H,27,31). The van der Waals surface area contributed by atoms with Crippen LogP contribution in [0.5, 0.6) is 17.2 Å². The maximum atomic E-state index is 12.8. The Labute approximate surface area is 193 Å². The van der Waals surface area contributed by atoms with Gasteiger partial charge in [-0.25, -0.2) is 9.79 Å². The van der Waals surface area contributed by atoms with E-state index in [1.54, 1.807) is 7.11 Å². The summed E-state index contributed by atoms with van der Waals surface area (Å²) >= 11 is 0. The highest BCUT2D eigenvalue weighted by Gasteiger charge is 2.26. The minimum Gasteiger partial charge on any atom is -0.497 e. The van der Waals surface area contributed by atoms with Crippen molar-refractivity contribution in [2.45, 2.75) is 6.42 Å². The van der Waals surface area contributed by atoms with Crippen LogP contribution in [0.1, 0.15) is 12.0 Å². The molecule has 0 radical (unpaired) electrons. The predicted octanol–water partition coefficient (Wildman–Crippen LogP) is 5.12. The van der Waals surface area contributed by atoms with Crippen LogP contribution in [0.3, 0.4) is 0 Å². The number of hydrogen-bond donors (Lipinski definition) is 1. The Bertz CT molecular complexity index is 1180. The van der Waals surface area contributed by atoms with E-state index in [1.807, 2.05) is 77.7 Å². The molecule has 1 fully saturated rings. The summed E-state index contributed by atoms with van der Waals surface area (Å²) in [6.07, 6.45) is 0.836. The molecule has 2 aliphatic rings. The average molecular weight is 443 g/mol. The van der Waals surface area contributed by atoms with Crippen molar-refractivity contribution in [2.75, 3.05) is 38.6 Å². The van der Waals surface area contributed by atoms with Gasteiger partial charge in [-0.2, -0.15) is 0 Å². The van der Waals surface area contributed by atoms with Gasteiger partial charge in [-0.05, 0) is 48.9 Å². The zero-order chi connectivity index (χ0) is 22.6. The highest BCUT2D eigenvalue weighted by atomic mass is 16.5. The second kappa shape index (κ2) is 9.24. The number of fused-ring (bicyclic) bond motifs is 2. The smallest absolute Gasteiger partial charge is 0.321 e. The third-order valence-electron chi connectivity index (χ3n) is 5.85. The fraction of sp³-hybridized carbons (Fsp3) is 0.231. The van der Waals surface area contributed by atoms with Crippen LogP contribution in [0, 0.1) is 0 Å². The Hall–Kier alpha value is -4.00. The summed E-state index contributed by atoms with van der Waals surface area (Å²) in [5.41, 5.74) is 2.46. The molecule has 1 saturated heterocycles. The lowest BCUT2D eigenvalue weighted by Gasteiger charge is -2.25. The molecule has 0 aromatic heterocycles. The molecule has 2 amide bonds. The zero-order valence-corrected chi connectivity index (χ0v) is 18.5. The first-order valence-electron chi connectivity index (χ1n) is 11.1. The Kier molecular flexibility index (Phi) is 5.85. The molecule has 2 aliphatic heterocycles. The van der Waals surface area contributed by atoms with Crippen LogP contribution in [0.15, 0.2) is 77.8 Å². The van der Waals surface area contributed by atoms with Crippen LogP contribution in [0.25, 0.3) is 0 Å². The summed E-state index contributed by atoms with van der Waals surface area (Å²) in [7, 11) is 1.65. The normalized spacial score (nSPS) is 15.2. The predicted molar refractivity (Wildman–Crippen MR) is 129 cm³/mol. The number of methoxy groups -OCH3 is 1. The van der Waals surface area contributed by atoms with Crippen molar-refractivity contribution in [1.82, 2.24) is 9.80 Å². The first-order valence-corrected chi connectivity index (χ1v) is 11.1. The topological polar surface area (TPSA) is 66.4 Å². The SMILES string of the molecule is COc1ccc2c(c1)C(N1CCCN(C(=O)Nc3ccccc3)CC1)=Nc1ccccc1O2. The molecule has 168 valence electrons. The van der Waals surface area contributed by atoms with Crippen LogP contribution in [0.4, 0.5) is 16.2 Å². The number of rotatable bonds is 2. The first kappa shape index (κ1) is 20.9. The van der Waals surface area contributed by atoms with Crippen molar-refractivity contribution >= 4 is 23.2 Å². The molecular formula is C26H26N4O3. The van der Waals surface area contributed by atoms with Crippen molar-refractivity contribution in [2.24, 2.45) is 4.99 Å².